The average molecular weight is 289 g/mol. The largest absolute Gasteiger partial charge is 0.494 e. The smallest absolute Gasteiger partial charge is 0.119 e. The van der Waals surface area contributed by atoms with E-state index < -0.39 is 0 Å². The van der Waals surface area contributed by atoms with Gasteiger partial charge in [0, 0.05) is 5.54 Å². The molecule has 2 nitrogen and oxygen atoms in total. The van der Waals surface area contributed by atoms with E-state index in [9.17, 15) is 0 Å². The summed E-state index contributed by atoms with van der Waals surface area (Å²) < 4.78 is 5.68. The van der Waals surface area contributed by atoms with E-state index in [0.29, 0.717) is 5.92 Å². The lowest BCUT2D eigenvalue weighted by atomic mass is 9.88. The van der Waals surface area contributed by atoms with E-state index in [1.165, 1.54) is 24.8 Å². The van der Waals surface area contributed by atoms with Crippen molar-refractivity contribution in [3.8, 4) is 5.75 Å². The molecule has 0 saturated heterocycles. The third-order valence-corrected chi connectivity index (χ3v) is 4.33. The van der Waals surface area contributed by atoms with Gasteiger partial charge < -0.3 is 10.1 Å². The quantitative estimate of drug-likeness (QED) is 0.816. The zero-order valence-electron chi connectivity index (χ0n) is 14.1. The van der Waals surface area contributed by atoms with Crippen LogP contribution in [0.4, 0.5) is 0 Å². The van der Waals surface area contributed by atoms with Crippen molar-refractivity contribution in [2.75, 3.05) is 13.2 Å². The standard InChI is InChI=1S/C19H31NO/c1-5-13-21-17-11-9-15(10-12-17)18-8-6-7-16(18)14-20-19(2,3)4/h9-12,16,18,20H,5-8,13-14H2,1-4H3. The fourth-order valence-corrected chi connectivity index (χ4v) is 3.19. The number of hydrogen-bond acceptors (Lipinski definition) is 2. The van der Waals surface area contributed by atoms with Crippen molar-refractivity contribution < 1.29 is 4.74 Å². The molecule has 0 heterocycles. The van der Waals surface area contributed by atoms with E-state index >= 15 is 0 Å². The van der Waals surface area contributed by atoms with E-state index in [2.05, 4.69) is 57.3 Å². The predicted octanol–water partition coefficient (Wildman–Crippen LogP) is 4.75. The highest BCUT2D eigenvalue weighted by molar-refractivity contribution is 5.30. The van der Waals surface area contributed by atoms with Gasteiger partial charge in [-0.25, -0.2) is 0 Å². The zero-order chi connectivity index (χ0) is 15.3. The number of benzene rings is 1. The molecule has 0 bridgehead atoms. The minimum Gasteiger partial charge on any atom is -0.494 e. The second-order valence-corrected chi connectivity index (χ2v) is 7.35. The molecule has 2 unspecified atom stereocenters. The average Bonchev–Trinajstić information content (AvgIpc) is 2.91. The molecule has 118 valence electrons. The highest BCUT2D eigenvalue weighted by Crippen LogP contribution is 2.39. The van der Waals surface area contributed by atoms with E-state index in [1.54, 1.807) is 0 Å². The monoisotopic (exact) mass is 289 g/mol. The van der Waals surface area contributed by atoms with Gasteiger partial charge in [-0.15, -0.1) is 0 Å². The number of nitrogens with one attached hydrogen (secondary N) is 1. The van der Waals surface area contributed by atoms with Crippen molar-refractivity contribution in [2.45, 2.75) is 64.8 Å². The van der Waals surface area contributed by atoms with Crippen LogP contribution >= 0.6 is 0 Å². The fraction of sp³-hybridized carbons (Fsp3) is 0.684. The van der Waals surface area contributed by atoms with Gasteiger partial charge in [-0.1, -0.05) is 25.5 Å². The van der Waals surface area contributed by atoms with Crippen LogP contribution in [0.25, 0.3) is 0 Å². The number of hydrogen-bond donors (Lipinski definition) is 1. The van der Waals surface area contributed by atoms with Crippen LogP contribution in [0.2, 0.25) is 0 Å². The summed E-state index contributed by atoms with van der Waals surface area (Å²) in [5, 5.41) is 3.68. The van der Waals surface area contributed by atoms with Gasteiger partial charge >= 0.3 is 0 Å². The first kappa shape index (κ1) is 16.4. The number of rotatable bonds is 6. The van der Waals surface area contributed by atoms with E-state index in [0.717, 1.165) is 31.2 Å². The van der Waals surface area contributed by atoms with Crippen molar-refractivity contribution in [1.29, 1.82) is 0 Å². The second kappa shape index (κ2) is 7.31. The molecule has 2 rings (SSSR count). The Bertz CT molecular complexity index is 418. The van der Waals surface area contributed by atoms with Crippen LogP contribution in [0.3, 0.4) is 0 Å². The van der Waals surface area contributed by atoms with Crippen LogP contribution in [0, 0.1) is 5.92 Å². The first-order valence-electron chi connectivity index (χ1n) is 8.47. The van der Waals surface area contributed by atoms with Crippen LogP contribution < -0.4 is 10.1 Å². The van der Waals surface area contributed by atoms with E-state index in [-0.39, 0.29) is 5.54 Å². The van der Waals surface area contributed by atoms with Crippen molar-refractivity contribution >= 4 is 0 Å². The summed E-state index contributed by atoms with van der Waals surface area (Å²) >= 11 is 0. The van der Waals surface area contributed by atoms with Gasteiger partial charge in [0.25, 0.3) is 0 Å². The maximum absolute atomic E-state index is 5.68. The maximum Gasteiger partial charge on any atom is 0.119 e. The lowest BCUT2D eigenvalue weighted by Crippen LogP contribution is -2.39. The molecule has 1 N–H and O–H groups in total. The summed E-state index contributed by atoms with van der Waals surface area (Å²) in [6.45, 7) is 10.8. The van der Waals surface area contributed by atoms with Gasteiger partial charge in [0.05, 0.1) is 6.61 Å². The summed E-state index contributed by atoms with van der Waals surface area (Å²) in [6.07, 6.45) is 5.09. The van der Waals surface area contributed by atoms with Gasteiger partial charge in [-0.2, -0.15) is 0 Å². The lowest BCUT2D eigenvalue weighted by Gasteiger charge is -2.26. The van der Waals surface area contributed by atoms with Crippen molar-refractivity contribution in [1.82, 2.24) is 5.32 Å². The molecule has 1 aromatic rings. The molecular weight excluding hydrogens is 258 g/mol. The predicted molar refractivity (Wildman–Crippen MR) is 90.1 cm³/mol. The molecular formula is C19H31NO. The van der Waals surface area contributed by atoms with E-state index in [1.807, 2.05) is 0 Å². The first-order chi connectivity index (χ1) is 9.99. The molecule has 2 heteroatoms. The topological polar surface area (TPSA) is 21.3 Å². The van der Waals surface area contributed by atoms with Gasteiger partial charge in [0.2, 0.25) is 0 Å². The molecule has 1 aliphatic carbocycles. The summed E-state index contributed by atoms with van der Waals surface area (Å²) in [6, 6.07) is 8.81. The van der Waals surface area contributed by atoms with Crippen LogP contribution in [-0.2, 0) is 0 Å². The summed E-state index contributed by atoms with van der Waals surface area (Å²) in [7, 11) is 0. The molecule has 21 heavy (non-hydrogen) atoms. The third kappa shape index (κ3) is 5.03. The molecule has 0 radical (unpaired) electrons. The zero-order valence-corrected chi connectivity index (χ0v) is 14.1. The fourth-order valence-electron chi connectivity index (χ4n) is 3.19. The highest BCUT2D eigenvalue weighted by atomic mass is 16.5. The summed E-state index contributed by atoms with van der Waals surface area (Å²) in [5.74, 6) is 2.48. The Kier molecular flexibility index (Phi) is 5.69. The van der Waals surface area contributed by atoms with Crippen LogP contribution in [0.15, 0.2) is 24.3 Å². The van der Waals surface area contributed by atoms with Gasteiger partial charge in [-0.3, -0.25) is 0 Å². The van der Waals surface area contributed by atoms with Gasteiger partial charge in [0.1, 0.15) is 5.75 Å². The van der Waals surface area contributed by atoms with Crippen LogP contribution in [0.1, 0.15) is 64.9 Å². The Morgan fingerprint density at radius 1 is 1.14 bits per heavy atom. The molecule has 1 saturated carbocycles. The minimum atomic E-state index is 0.213. The Morgan fingerprint density at radius 3 is 2.48 bits per heavy atom. The Balaban J connectivity index is 1.96. The SMILES string of the molecule is CCCOc1ccc(C2CCCC2CNC(C)(C)C)cc1. The summed E-state index contributed by atoms with van der Waals surface area (Å²) in [5.41, 5.74) is 1.70. The molecule has 0 aromatic heterocycles. The molecule has 1 aromatic carbocycles. The van der Waals surface area contributed by atoms with E-state index in [4.69, 9.17) is 4.74 Å². The molecule has 2 atom stereocenters. The van der Waals surface area contributed by atoms with Crippen LogP contribution in [0.5, 0.6) is 5.75 Å². The highest BCUT2D eigenvalue weighted by Gasteiger charge is 2.29. The van der Waals surface area contributed by atoms with Crippen molar-refractivity contribution in [2.24, 2.45) is 5.92 Å². The van der Waals surface area contributed by atoms with Gasteiger partial charge in [-0.05, 0) is 76.1 Å². The molecule has 0 aliphatic heterocycles. The third-order valence-electron chi connectivity index (χ3n) is 4.33. The molecule has 1 fully saturated rings. The first-order valence-corrected chi connectivity index (χ1v) is 8.47. The van der Waals surface area contributed by atoms with Gasteiger partial charge in [0.15, 0.2) is 0 Å². The Hall–Kier alpha value is -1.02. The number of ether oxygens (including phenoxy) is 1. The second-order valence-electron chi connectivity index (χ2n) is 7.35. The van der Waals surface area contributed by atoms with Crippen molar-refractivity contribution in [3.05, 3.63) is 29.8 Å². The van der Waals surface area contributed by atoms with Crippen molar-refractivity contribution in [3.63, 3.8) is 0 Å². The maximum atomic E-state index is 5.68. The molecule has 0 amide bonds. The Labute approximate surface area is 130 Å². The normalized spacial score (nSPS) is 22.5. The molecule has 1 aliphatic rings. The minimum absolute atomic E-state index is 0.213. The van der Waals surface area contributed by atoms with Crippen LogP contribution in [-0.4, -0.2) is 18.7 Å². The molecule has 0 spiro atoms. The summed E-state index contributed by atoms with van der Waals surface area (Å²) in [4.78, 5) is 0. The Morgan fingerprint density at radius 2 is 1.86 bits per heavy atom. The lowest BCUT2D eigenvalue weighted by molar-refractivity contribution is 0.317.